The number of nitro groups is 1. The molecule has 1 aliphatic heterocycles. The van der Waals surface area contributed by atoms with Crippen LogP contribution in [0.5, 0.6) is 5.75 Å². The summed E-state index contributed by atoms with van der Waals surface area (Å²) in [6.45, 7) is 6.88. The summed E-state index contributed by atoms with van der Waals surface area (Å²) >= 11 is 1.38. The molecule has 232 valence electrons. The number of hydrogen-bond acceptors (Lipinski definition) is 8. The second kappa shape index (κ2) is 13.5. The number of nitrogens with zero attached hydrogens (tertiary/aromatic N) is 2. The molecule has 0 saturated carbocycles. The third kappa shape index (κ3) is 7.03. The van der Waals surface area contributed by atoms with Crippen LogP contribution in [0.4, 0.5) is 5.69 Å². The van der Waals surface area contributed by atoms with Gasteiger partial charge in [-0.05, 0) is 57.4 Å². The number of rotatable bonds is 10. The molecule has 3 atom stereocenters. The molecule has 1 saturated heterocycles. The fourth-order valence-corrected chi connectivity index (χ4v) is 6.46. The van der Waals surface area contributed by atoms with E-state index in [1.54, 1.807) is 32.0 Å². The van der Waals surface area contributed by atoms with Gasteiger partial charge in [-0.1, -0.05) is 48.5 Å². The predicted molar refractivity (Wildman–Crippen MR) is 167 cm³/mol. The number of aromatic hydroxyl groups is 1. The Balaban J connectivity index is 1.56. The molecule has 1 heterocycles. The molecule has 3 aromatic carbocycles. The Bertz CT molecular complexity index is 1560. The lowest BCUT2D eigenvalue weighted by molar-refractivity contribution is -0.385. The topological polar surface area (TPSA) is 162 Å². The van der Waals surface area contributed by atoms with E-state index in [1.165, 1.54) is 34.9 Å². The second-order valence-electron chi connectivity index (χ2n) is 11.3. The van der Waals surface area contributed by atoms with Crippen LogP contribution in [0, 0.1) is 24.0 Å². The van der Waals surface area contributed by atoms with Crippen LogP contribution < -0.4 is 10.6 Å². The first-order chi connectivity index (χ1) is 20.8. The molecule has 1 fully saturated rings. The Morgan fingerprint density at radius 2 is 1.73 bits per heavy atom. The molecule has 0 aromatic heterocycles. The lowest BCUT2D eigenvalue weighted by atomic mass is 9.96. The van der Waals surface area contributed by atoms with Crippen molar-refractivity contribution in [3.05, 3.63) is 105 Å². The van der Waals surface area contributed by atoms with Crippen molar-refractivity contribution in [3.63, 3.8) is 0 Å². The van der Waals surface area contributed by atoms with E-state index >= 15 is 0 Å². The number of benzene rings is 3. The first-order valence-corrected chi connectivity index (χ1v) is 15.1. The molecular weight excluding hydrogens is 584 g/mol. The standard InChI is InChI=1S/C32H36N4O7S/c1-19-22(12-8-14-25(19)36(42)43)17-33-30(40)28-32(3,4)44-18-35(28)31(41)27(38)24(16-21-10-6-5-7-11-21)34-29(39)23-13-9-15-26(37)20(23)2/h5-15,24,27-28,37-38H,16-18H2,1-4H3,(H,33,40)(H,34,39)/t24-,27-,28+/m0/s1. The lowest BCUT2D eigenvalue weighted by Crippen LogP contribution is -2.58. The van der Waals surface area contributed by atoms with Crippen molar-refractivity contribution >= 4 is 35.2 Å². The van der Waals surface area contributed by atoms with Crippen LogP contribution in [0.2, 0.25) is 0 Å². The number of amides is 3. The van der Waals surface area contributed by atoms with E-state index < -0.39 is 45.6 Å². The van der Waals surface area contributed by atoms with Gasteiger partial charge in [0.1, 0.15) is 11.8 Å². The number of carbonyl (C=O) groups is 3. The minimum Gasteiger partial charge on any atom is -0.508 e. The van der Waals surface area contributed by atoms with Gasteiger partial charge in [0.05, 0.1) is 16.8 Å². The summed E-state index contributed by atoms with van der Waals surface area (Å²) in [5, 5.41) is 38.5. The molecule has 12 heteroatoms. The molecule has 0 aliphatic carbocycles. The van der Waals surface area contributed by atoms with Gasteiger partial charge in [0.2, 0.25) is 5.91 Å². The molecule has 0 unspecified atom stereocenters. The van der Waals surface area contributed by atoms with E-state index in [0.29, 0.717) is 16.7 Å². The quantitative estimate of drug-likeness (QED) is 0.197. The summed E-state index contributed by atoms with van der Waals surface area (Å²) in [7, 11) is 0. The van der Waals surface area contributed by atoms with Gasteiger partial charge in [-0.2, -0.15) is 0 Å². The van der Waals surface area contributed by atoms with Crippen molar-refractivity contribution < 1.29 is 29.5 Å². The molecule has 0 radical (unpaired) electrons. The first-order valence-electron chi connectivity index (χ1n) is 14.1. The maximum absolute atomic E-state index is 13.9. The molecule has 3 amide bonds. The zero-order valence-corrected chi connectivity index (χ0v) is 25.8. The highest BCUT2D eigenvalue weighted by Crippen LogP contribution is 2.40. The van der Waals surface area contributed by atoms with Gasteiger partial charge in [0.15, 0.2) is 6.10 Å². The average Bonchev–Trinajstić information content (AvgIpc) is 3.31. The average molecular weight is 621 g/mol. The Kier molecular flexibility index (Phi) is 9.95. The van der Waals surface area contributed by atoms with Crippen molar-refractivity contribution in [2.24, 2.45) is 0 Å². The van der Waals surface area contributed by atoms with Crippen LogP contribution in [-0.4, -0.2) is 66.6 Å². The largest absolute Gasteiger partial charge is 0.508 e. The van der Waals surface area contributed by atoms with Gasteiger partial charge in [-0.15, -0.1) is 11.8 Å². The van der Waals surface area contributed by atoms with Crippen LogP contribution in [0.3, 0.4) is 0 Å². The molecule has 11 nitrogen and oxygen atoms in total. The van der Waals surface area contributed by atoms with E-state index in [1.807, 2.05) is 44.2 Å². The predicted octanol–water partition coefficient (Wildman–Crippen LogP) is 3.62. The van der Waals surface area contributed by atoms with Crippen molar-refractivity contribution in [1.29, 1.82) is 0 Å². The number of aliphatic hydroxyl groups excluding tert-OH is 1. The van der Waals surface area contributed by atoms with Crippen LogP contribution in [0.15, 0.2) is 66.7 Å². The summed E-state index contributed by atoms with van der Waals surface area (Å²) < 4.78 is -0.714. The third-order valence-electron chi connectivity index (χ3n) is 7.94. The number of aliphatic hydroxyl groups is 1. The van der Waals surface area contributed by atoms with Gasteiger partial charge in [-0.25, -0.2) is 0 Å². The summed E-state index contributed by atoms with van der Waals surface area (Å²) in [6, 6.07) is 16.2. The van der Waals surface area contributed by atoms with Gasteiger partial charge < -0.3 is 25.7 Å². The maximum atomic E-state index is 13.9. The third-order valence-corrected chi connectivity index (χ3v) is 9.32. The minimum atomic E-state index is -1.69. The first kappa shape index (κ1) is 32.5. The molecule has 1 aliphatic rings. The highest BCUT2D eigenvalue weighted by atomic mass is 32.2. The normalized spacial score (nSPS) is 17.0. The van der Waals surface area contributed by atoms with E-state index in [9.17, 15) is 34.7 Å². The van der Waals surface area contributed by atoms with Crippen LogP contribution in [0.1, 0.15) is 46.5 Å². The van der Waals surface area contributed by atoms with Crippen molar-refractivity contribution in [2.75, 3.05) is 5.88 Å². The monoisotopic (exact) mass is 620 g/mol. The summed E-state index contributed by atoms with van der Waals surface area (Å²) in [6.07, 6.45) is -1.56. The number of phenolic OH excluding ortho intramolecular Hbond substituents is 1. The van der Waals surface area contributed by atoms with Gasteiger partial charge in [-0.3, -0.25) is 24.5 Å². The molecule has 4 N–H and O–H groups in total. The highest BCUT2D eigenvalue weighted by molar-refractivity contribution is 8.00. The zero-order valence-electron chi connectivity index (χ0n) is 24.9. The Morgan fingerprint density at radius 3 is 2.41 bits per heavy atom. The molecule has 3 aromatic rings. The van der Waals surface area contributed by atoms with Crippen LogP contribution in [-0.2, 0) is 22.6 Å². The summed E-state index contributed by atoms with van der Waals surface area (Å²) in [5.74, 6) is -1.67. The summed E-state index contributed by atoms with van der Waals surface area (Å²) in [4.78, 5) is 52.9. The van der Waals surface area contributed by atoms with E-state index in [4.69, 9.17) is 0 Å². The van der Waals surface area contributed by atoms with Gasteiger partial charge in [0.25, 0.3) is 17.5 Å². The SMILES string of the molecule is Cc1c(O)cccc1C(=O)N[C@@H](Cc1ccccc1)[C@H](O)C(=O)N1CSC(C)(C)[C@H]1C(=O)NCc1cccc([N+](=O)[O-])c1C. The Morgan fingerprint density at radius 1 is 1.05 bits per heavy atom. The molecule has 0 spiro atoms. The van der Waals surface area contributed by atoms with Crippen molar-refractivity contribution in [1.82, 2.24) is 15.5 Å². The molecule has 4 rings (SSSR count). The maximum Gasteiger partial charge on any atom is 0.272 e. The lowest BCUT2D eigenvalue weighted by Gasteiger charge is -2.33. The van der Waals surface area contributed by atoms with Crippen molar-refractivity contribution in [3.8, 4) is 5.75 Å². The highest BCUT2D eigenvalue weighted by Gasteiger charge is 2.49. The van der Waals surface area contributed by atoms with E-state index in [0.717, 1.165) is 5.56 Å². The molecule has 0 bridgehead atoms. The smallest absolute Gasteiger partial charge is 0.272 e. The van der Waals surface area contributed by atoms with Crippen LogP contribution in [0.25, 0.3) is 0 Å². The number of nitrogens with one attached hydrogen (secondary N) is 2. The van der Waals surface area contributed by atoms with Gasteiger partial charge in [0, 0.05) is 34.0 Å². The fraction of sp³-hybridized carbons (Fsp3) is 0.344. The van der Waals surface area contributed by atoms with Crippen LogP contribution >= 0.6 is 11.8 Å². The Hall–Kier alpha value is -4.42. The van der Waals surface area contributed by atoms with Crippen molar-refractivity contribution in [2.45, 2.75) is 63.6 Å². The van der Waals surface area contributed by atoms with Gasteiger partial charge >= 0.3 is 0 Å². The number of nitro benzene ring substituents is 1. The molecular formula is C32H36N4O7S. The second-order valence-corrected chi connectivity index (χ2v) is 12.9. The van der Waals surface area contributed by atoms with E-state index in [-0.39, 0.29) is 35.8 Å². The number of hydrogen-bond donors (Lipinski definition) is 4. The number of phenols is 1. The minimum absolute atomic E-state index is 0.0180. The zero-order chi connectivity index (χ0) is 32.2. The summed E-state index contributed by atoms with van der Waals surface area (Å²) in [5.41, 5.74) is 2.28. The van der Waals surface area contributed by atoms with E-state index in [2.05, 4.69) is 10.6 Å². The molecule has 44 heavy (non-hydrogen) atoms. The Labute approximate surface area is 259 Å². The fourth-order valence-electron chi connectivity index (χ4n) is 5.32. The number of thioether (sulfide) groups is 1. The number of carbonyl (C=O) groups excluding carboxylic acids is 3.